The Morgan fingerprint density at radius 1 is 0.793 bits per heavy atom. The number of aliphatic carboxylic acids is 1. The molecule has 0 saturated heterocycles. The zero-order valence-electron chi connectivity index (χ0n) is 18.3. The van der Waals surface area contributed by atoms with Crippen LogP contribution >= 0.6 is 0 Å². The van der Waals surface area contributed by atoms with E-state index in [1.807, 2.05) is 0 Å². The molecule has 0 aliphatic rings. The summed E-state index contributed by atoms with van der Waals surface area (Å²) in [5.74, 6) is -1.30. The van der Waals surface area contributed by atoms with Gasteiger partial charge in [-0.1, -0.05) is 81.5 Å². The molecule has 1 unspecified atom stereocenters. The number of allylic oxidation sites excluding steroid dienone is 10. The third-order valence-electron chi connectivity index (χ3n) is 4.18. The van der Waals surface area contributed by atoms with E-state index < -0.39 is 12.0 Å². The van der Waals surface area contributed by atoms with Crippen LogP contribution in [0.1, 0.15) is 72.1 Å². The van der Waals surface area contributed by atoms with Gasteiger partial charge < -0.3 is 10.4 Å². The molecule has 0 heterocycles. The monoisotopic (exact) mass is 401 g/mol. The largest absolute Gasteiger partial charge is 0.480 e. The molecule has 1 atom stereocenters. The van der Waals surface area contributed by atoms with E-state index in [-0.39, 0.29) is 11.8 Å². The molecule has 1 amide bonds. The molecule has 0 radical (unpaired) electrons. The Kier molecular flexibility index (Phi) is 17.4. The van der Waals surface area contributed by atoms with E-state index in [9.17, 15) is 9.59 Å². The van der Waals surface area contributed by atoms with Gasteiger partial charge in [-0.3, -0.25) is 4.79 Å². The minimum atomic E-state index is -0.980. The molecule has 2 N–H and O–H groups in total. The molecule has 4 nitrogen and oxygen atoms in total. The molecule has 0 aliphatic heterocycles. The minimum absolute atomic E-state index is 0.123. The average molecular weight is 402 g/mol. The van der Waals surface area contributed by atoms with Gasteiger partial charge in [-0.25, -0.2) is 4.79 Å². The molecule has 0 aromatic rings. The normalized spacial score (nSPS) is 13.7. The predicted molar refractivity (Wildman–Crippen MR) is 123 cm³/mol. The molecule has 0 saturated carbocycles. The van der Waals surface area contributed by atoms with Crippen LogP contribution in [0.15, 0.2) is 60.8 Å². The van der Waals surface area contributed by atoms with Gasteiger partial charge in [0.05, 0.1) is 0 Å². The Morgan fingerprint density at radius 2 is 1.24 bits per heavy atom. The van der Waals surface area contributed by atoms with Gasteiger partial charge in [0.2, 0.25) is 5.91 Å². The van der Waals surface area contributed by atoms with E-state index in [0.29, 0.717) is 6.42 Å². The van der Waals surface area contributed by atoms with Crippen molar-refractivity contribution in [2.45, 2.75) is 78.2 Å². The molecule has 0 spiro atoms. The maximum absolute atomic E-state index is 11.8. The summed E-state index contributed by atoms with van der Waals surface area (Å²) in [4.78, 5) is 22.9. The Balaban J connectivity index is 3.73. The molecule has 29 heavy (non-hydrogen) atoms. The number of hydrogen-bond acceptors (Lipinski definition) is 2. The third-order valence-corrected chi connectivity index (χ3v) is 4.18. The number of carbonyl (C=O) groups is 2. The third kappa shape index (κ3) is 17.5. The maximum Gasteiger partial charge on any atom is 0.326 e. The highest BCUT2D eigenvalue weighted by molar-refractivity contribution is 5.83. The summed E-state index contributed by atoms with van der Waals surface area (Å²) in [7, 11) is 0. The number of hydrogen-bond donors (Lipinski definition) is 2. The van der Waals surface area contributed by atoms with Crippen LogP contribution in [0.5, 0.6) is 0 Å². The highest BCUT2D eigenvalue weighted by Crippen LogP contribution is 2.04. The van der Waals surface area contributed by atoms with Gasteiger partial charge in [0, 0.05) is 6.42 Å². The first-order valence-electron chi connectivity index (χ1n) is 10.8. The second-order valence-electron chi connectivity index (χ2n) is 7.23. The zero-order chi connectivity index (χ0) is 21.7. The van der Waals surface area contributed by atoms with Gasteiger partial charge in [0.25, 0.3) is 0 Å². The van der Waals surface area contributed by atoms with Gasteiger partial charge in [-0.15, -0.1) is 0 Å². The number of carboxylic acid groups (broad SMARTS) is 1. The molecular formula is C25H39NO3. The highest BCUT2D eigenvalue weighted by atomic mass is 16.4. The van der Waals surface area contributed by atoms with Gasteiger partial charge in [0.15, 0.2) is 0 Å². The van der Waals surface area contributed by atoms with Crippen molar-refractivity contribution in [2.75, 3.05) is 0 Å². The molecular weight excluding hydrogens is 362 g/mol. The van der Waals surface area contributed by atoms with Crippen LogP contribution in [-0.2, 0) is 9.59 Å². The summed E-state index contributed by atoms with van der Waals surface area (Å²) in [5.41, 5.74) is 0. The van der Waals surface area contributed by atoms with Gasteiger partial charge >= 0.3 is 5.97 Å². The van der Waals surface area contributed by atoms with E-state index in [1.165, 1.54) is 0 Å². The van der Waals surface area contributed by atoms with Crippen molar-refractivity contribution in [1.82, 2.24) is 5.32 Å². The summed E-state index contributed by atoms with van der Waals surface area (Å²) in [5, 5.41) is 11.7. The Bertz CT molecular complexity index is 583. The van der Waals surface area contributed by atoms with Crippen LogP contribution in [0.4, 0.5) is 0 Å². The lowest BCUT2D eigenvalue weighted by molar-refractivity contribution is -0.143. The van der Waals surface area contributed by atoms with Crippen LogP contribution in [-0.4, -0.2) is 23.0 Å². The number of rotatable bonds is 16. The van der Waals surface area contributed by atoms with Crippen molar-refractivity contribution in [1.29, 1.82) is 0 Å². The van der Waals surface area contributed by atoms with Crippen molar-refractivity contribution in [3.8, 4) is 0 Å². The van der Waals surface area contributed by atoms with Crippen molar-refractivity contribution >= 4 is 11.9 Å². The lowest BCUT2D eigenvalue weighted by Crippen LogP contribution is -2.44. The van der Waals surface area contributed by atoms with Crippen LogP contribution < -0.4 is 5.32 Å². The van der Waals surface area contributed by atoms with Crippen LogP contribution in [0.3, 0.4) is 0 Å². The van der Waals surface area contributed by atoms with Crippen LogP contribution in [0.25, 0.3) is 0 Å². The van der Waals surface area contributed by atoms with E-state index in [1.54, 1.807) is 13.8 Å². The summed E-state index contributed by atoms with van der Waals surface area (Å²) < 4.78 is 0. The molecule has 0 fully saturated rings. The Labute approximate surface area is 177 Å². The van der Waals surface area contributed by atoms with Gasteiger partial charge in [-0.2, -0.15) is 0 Å². The van der Waals surface area contributed by atoms with Crippen molar-refractivity contribution in [2.24, 2.45) is 5.92 Å². The van der Waals surface area contributed by atoms with E-state index in [2.05, 4.69) is 73.0 Å². The van der Waals surface area contributed by atoms with Crippen LogP contribution in [0.2, 0.25) is 0 Å². The van der Waals surface area contributed by atoms with Gasteiger partial charge in [0.1, 0.15) is 6.04 Å². The summed E-state index contributed by atoms with van der Waals surface area (Å²) in [6, 6.07) is -0.809. The summed E-state index contributed by atoms with van der Waals surface area (Å²) in [6.45, 7) is 5.71. The standard InChI is InChI=1S/C25H39NO3/c1-4-5-6-7-8-9-10-11-12-13-14-15-16-17-18-19-20-21-23(27)26-24(22(2)3)25(28)29/h5-6,8-9,11-12,14-15,17-18,22,24H,4,7,10,13,16,19-21H2,1-3H3,(H,26,27)(H,28,29)/b6-5+,9-8+,12-11+,15-14+,18-17+. The average Bonchev–Trinajstić information content (AvgIpc) is 2.68. The van der Waals surface area contributed by atoms with Crippen molar-refractivity contribution in [3.63, 3.8) is 0 Å². The van der Waals surface area contributed by atoms with Crippen molar-refractivity contribution < 1.29 is 14.7 Å². The van der Waals surface area contributed by atoms with Crippen molar-refractivity contribution in [3.05, 3.63) is 60.8 Å². The topological polar surface area (TPSA) is 66.4 Å². The van der Waals surface area contributed by atoms with Crippen LogP contribution in [0, 0.1) is 5.92 Å². The first-order chi connectivity index (χ1) is 14.0. The second kappa shape index (κ2) is 19.0. The lowest BCUT2D eigenvalue weighted by atomic mass is 10.0. The number of amides is 1. The fraction of sp³-hybridized carbons (Fsp3) is 0.520. The molecule has 0 aliphatic carbocycles. The maximum atomic E-state index is 11.8. The second-order valence-corrected chi connectivity index (χ2v) is 7.23. The van der Waals surface area contributed by atoms with E-state index >= 15 is 0 Å². The molecule has 162 valence electrons. The molecule has 0 bridgehead atoms. The fourth-order valence-corrected chi connectivity index (χ4v) is 2.51. The number of nitrogens with one attached hydrogen (secondary N) is 1. The smallest absolute Gasteiger partial charge is 0.326 e. The van der Waals surface area contributed by atoms with Gasteiger partial charge in [-0.05, 0) is 50.9 Å². The minimum Gasteiger partial charge on any atom is -0.480 e. The number of unbranched alkanes of at least 4 members (excludes halogenated alkanes) is 1. The molecule has 4 heteroatoms. The highest BCUT2D eigenvalue weighted by Gasteiger charge is 2.22. The van der Waals surface area contributed by atoms with E-state index in [0.717, 1.165) is 44.9 Å². The first kappa shape index (κ1) is 26.6. The Morgan fingerprint density at radius 3 is 1.66 bits per heavy atom. The SMILES string of the molecule is CC/C=C/C/C=C/C/C=C/C/C=C/C/C=C/CCCC(=O)NC(C(=O)O)C(C)C. The summed E-state index contributed by atoms with van der Waals surface area (Å²) in [6.07, 6.45) is 28.4. The lowest BCUT2D eigenvalue weighted by Gasteiger charge is -2.17. The molecule has 0 aromatic heterocycles. The quantitative estimate of drug-likeness (QED) is 0.241. The predicted octanol–water partition coefficient (Wildman–Crippen LogP) is 6.13. The number of carbonyl (C=O) groups excluding carboxylic acids is 1. The fourth-order valence-electron chi connectivity index (χ4n) is 2.51. The molecule has 0 rings (SSSR count). The number of carboxylic acids is 1. The zero-order valence-corrected chi connectivity index (χ0v) is 18.3. The van der Waals surface area contributed by atoms with E-state index in [4.69, 9.17) is 5.11 Å². The summed E-state index contributed by atoms with van der Waals surface area (Å²) >= 11 is 0. The Hall–Kier alpha value is -2.36. The molecule has 0 aromatic carbocycles. The first-order valence-corrected chi connectivity index (χ1v) is 10.8.